The number of hydrogen-bond acceptors (Lipinski definition) is 6. The van der Waals surface area contributed by atoms with E-state index < -0.39 is 0 Å². The van der Waals surface area contributed by atoms with Crippen molar-refractivity contribution in [1.82, 2.24) is 20.2 Å². The Labute approximate surface area is 177 Å². The Hall–Kier alpha value is -1.16. The largest absolute Gasteiger partial charge is 0.304 e. The van der Waals surface area contributed by atoms with Crippen LogP contribution >= 0.6 is 47.2 Å². The van der Waals surface area contributed by atoms with Gasteiger partial charge in [-0.15, -0.1) is 0 Å². The third-order valence-corrected chi connectivity index (χ3v) is 6.16. The summed E-state index contributed by atoms with van der Waals surface area (Å²) < 4.78 is 0.345. The molecule has 2 aliphatic heterocycles. The second-order valence-corrected chi connectivity index (χ2v) is 8.78. The van der Waals surface area contributed by atoms with Crippen LogP contribution in [0.1, 0.15) is 5.56 Å². The van der Waals surface area contributed by atoms with Crippen LogP contribution in [0.5, 0.6) is 0 Å². The van der Waals surface area contributed by atoms with Crippen LogP contribution in [0.15, 0.2) is 23.1 Å². The SMILES string of the molecule is CN1CCN(NC(=O)CN2C(=O)/C(=C/c3cc(Cl)ccc3Cl)SC2=S)CC1. The monoisotopic (exact) mass is 444 g/mol. The molecule has 144 valence electrons. The van der Waals surface area contributed by atoms with Crippen molar-refractivity contribution in [3.05, 3.63) is 38.7 Å². The van der Waals surface area contributed by atoms with Gasteiger partial charge in [-0.25, -0.2) is 5.01 Å². The Morgan fingerprint density at radius 3 is 2.70 bits per heavy atom. The van der Waals surface area contributed by atoms with E-state index in [0.29, 0.717) is 24.8 Å². The van der Waals surface area contributed by atoms with Crippen LogP contribution in [0, 0.1) is 0 Å². The van der Waals surface area contributed by atoms with Gasteiger partial charge in [-0.05, 0) is 36.9 Å². The number of thioether (sulfide) groups is 1. The fourth-order valence-corrected chi connectivity index (χ4v) is 4.27. The van der Waals surface area contributed by atoms with Gasteiger partial charge < -0.3 is 4.90 Å². The second-order valence-electron chi connectivity index (χ2n) is 6.26. The molecule has 0 atom stereocenters. The minimum absolute atomic E-state index is 0.113. The highest BCUT2D eigenvalue weighted by Gasteiger charge is 2.34. The van der Waals surface area contributed by atoms with Crippen molar-refractivity contribution in [2.24, 2.45) is 0 Å². The Morgan fingerprint density at radius 2 is 2.00 bits per heavy atom. The number of nitrogens with one attached hydrogen (secondary N) is 1. The Bertz CT molecular complexity index is 810. The number of benzene rings is 1. The van der Waals surface area contributed by atoms with E-state index in [2.05, 4.69) is 10.3 Å². The molecule has 0 bridgehead atoms. The Balaban J connectivity index is 1.64. The lowest BCUT2D eigenvalue weighted by Crippen LogP contribution is -2.54. The fourth-order valence-electron chi connectivity index (χ4n) is 2.68. The molecule has 2 aliphatic rings. The lowest BCUT2D eigenvalue weighted by Gasteiger charge is -2.32. The van der Waals surface area contributed by atoms with Crippen molar-refractivity contribution < 1.29 is 9.59 Å². The molecule has 2 heterocycles. The molecule has 2 saturated heterocycles. The van der Waals surface area contributed by atoms with Crippen molar-refractivity contribution >= 4 is 69.4 Å². The summed E-state index contributed by atoms with van der Waals surface area (Å²) in [6, 6.07) is 5.02. The van der Waals surface area contributed by atoms with Gasteiger partial charge in [0.1, 0.15) is 10.9 Å². The molecule has 0 radical (unpaired) electrons. The first-order valence-electron chi connectivity index (χ1n) is 8.27. The van der Waals surface area contributed by atoms with Crippen molar-refractivity contribution in [3.8, 4) is 0 Å². The van der Waals surface area contributed by atoms with E-state index in [-0.39, 0.29) is 18.4 Å². The van der Waals surface area contributed by atoms with Gasteiger partial charge in [0, 0.05) is 36.2 Å². The van der Waals surface area contributed by atoms with E-state index >= 15 is 0 Å². The first-order chi connectivity index (χ1) is 12.8. The molecule has 0 aliphatic carbocycles. The first-order valence-corrected chi connectivity index (χ1v) is 10.2. The van der Waals surface area contributed by atoms with E-state index in [1.54, 1.807) is 24.3 Å². The number of rotatable bonds is 4. The van der Waals surface area contributed by atoms with E-state index in [9.17, 15) is 9.59 Å². The van der Waals surface area contributed by atoms with E-state index in [1.165, 1.54) is 4.90 Å². The number of amides is 2. The molecule has 1 N–H and O–H groups in total. The van der Waals surface area contributed by atoms with Crippen LogP contribution in [0.4, 0.5) is 0 Å². The zero-order chi connectivity index (χ0) is 19.6. The smallest absolute Gasteiger partial charge is 0.266 e. The van der Waals surface area contributed by atoms with Crippen LogP contribution in [-0.4, -0.2) is 70.7 Å². The summed E-state index contributed by atoms with van der Waals surface area (Å²) >= 11 is 18.6. The molecule has 0 saturated carbocycles. The predicted molar refractivity (Wildman–Crippen MR) is 114 cm³/mol. The van der Waals surface area contributed by atoms with Crippen LogP contribution in [0.25, 0.3) is 6.08 Å². The predicted octanol–water partition coefficient (Wildman–Crippen LogP) is 2.47. The van der Waals surface area contributed by atoms with Crippen LogP contribution < -0.4 is 5.43 Å². The molecule has 3 rings (SSSR count). The van der Waals surface area contributed by atoms with Gasteiger partial charge in [0.15, 0.2) is 0 Å². The standard InChI is InChI=1S/C17H18Cl2N4O2S2/c1-21-4-6-22(7-5-21)20-15(24)10-23-16(25)14(27-17(23)26)9-11-8-12(18)2-3-13(11)19/h2-3,8-9H,4-7,10H2,1H3,(H,20,24)/b14-9-. The quantitative estimate of drug-likeness (QED) is 0.568. The summed E-state index contributed by atoms with van der Waals surface area (Å²) in [4.78, 5) is 28.9. The van der Waals surface area contributed by atoms with Crippen LogP contribution in [0.3, 0.4) is 0 Å². The summed E-state index contributed by atoms with van der Waals surface area (Å²) in [5, 5.41) is 2.87. The fraction of sp³-hybridized carbons (Fsp3) is 0.353. The number of carbonyl (C=O) groups excluding carboxylic acids is 2. The average Bonchev–Trinajstić information content (AvgIpc) is 2.87. The Kier molecular flexibility index (Phi) is 6.78. The number of hydrogen-bond donors (Lipinski definition) is 1. The zero-order valence-corrected chi connectivity index (χ0v) is 17.7. The molecule has 0 unspecified atom stereocenters. The van der Waals surface area contributed by atoms with E-state index in [4.69, 9.17) is 35.4 Å². The number of hydrazine groups is 1. The van der Waals surface area contributed by atoms with Crippen molar-refractivity contribution in [1.29, 1.82) is 0 Å². The molecule has 6 nitrogen and oxygen atoms in total. The number of halogens is 2. The average molecular weight is 445 g/mol. The third kappa shape index (κ3) is 5.22. The van der Waals surface area contributed by atoms with Crippen molar-refractivity contribution in [3.63, 3.8) is 0 Å². The normalized spacial score (nSPS) is 20.6. The molecule has 0 aromatic heterocycles. The first kappa shape index (κ1) is 20.6. The summed E-state index contributed by atoms with van der Waals surface area (Å²) in [5.74, 6) is -0.576. The topological polar surface area (TPSA) is 55.9 Å². The number of carbonyl (C=O) groups is 2. The summed E-state index contributed by atoms with van der Waals surface area (Å²) in [7, 11) is 2.04. The molecule has 10 heteroatoms. The molecule has 0 spiro atoms. The van der Waals surface area contributed by atoms with Gasteiger partial charge in [0.05, 0.1) is 4.91 Å². The van der Waals surface area contributed by atoms with Gasteiger partial charge in [0.25, 0.3) is 11.8 Å². The molecule has 2 amide bonds. The maximum absolute atomic E-state index is 12.7. The lowest BCUT2D eigenvalue weighted by atomic mass is 10.2. The molecule has 2 fully saturated rings. The Morgan fingerprint density at radius 1 is 1.30 bits per heavy atom. The van der Waals surface area contributed by atoms with Gasteiger partial charge in [-0.1, -0.05) is 47.2 Å². The number of thiocarbonyl (C=S) groups is 1. The number of nitrogens with zero attached hydrogens (tertiary/aromatic N) is 3. The highest BCUT2D eigenvalue weighted by atomic mass is 35.5. The summed E-state index contributed by atoms with van der Waals surface area (Å²) in [5.41, 5.74) is 3.47. The molecule has 1 aromatic carbocycles. The molecular formula is C17H18Cl2N4O2S2. The van der Waals surface area contributed by atoms with Gasteiger partial charge >= 0.3 is 0 Å². The van der Waals surface area contributed by atoms with Crippen molar-refractivity contribution in [2.75, 3.05) is 39.8 Å². The van der Waals surface area contributed by atoms with Gasteiger partial charge in [-0.3, -0.25) is 19.9 Å². The minimum Gasteiger partial charge on any atom is -0.304 e. The van der Waals surface area contributed by atoms with Gasteiger partial charge in [0.2, 0.25) is 0 Å². The molecule has 27 heavy (non-hydrogen) atoms. The molecular weight excluding hydrogens is 427 g/mol. The zero-order valence-electron chi connectivity index (χ0n) is 14.6. The second kappa shape index (κ2) is 8.89. The maximum Gasteiger partial charge on any atom is 0.266 e. The van der Waals surface area contributed by atoms with Gasteiger partial charge in [-0.2, -0.15) is 0 Å². The maximum atomic E-state index is 12.7. The highest BCUT2D eigenvalue weighted by Crippen LogP contribution is 2.34. The van der Waals surface area contributed by atoms with Crippen molar-refractivity contribution in [2.45, 2.75) is 0 Å². The molecule has 1 aromatic rings. The minimum atomic E-state index is -0.311. The third-order valence-electron chi connectivity index (χ3n) is 4.21. The number of piperazine rings is 1. The summed E-state index contributed by atoms with van der Waals surface area (Å²) in [6.07, 6.45) is 1.64. The highest BCUT2D eigenvalue weighted by molar-refractivity contribution is 8.26. The lowest BCUT2D eigenvalue weighted by molar-refractivity contribution is -0.132. The van der Waals surface area contributed by atoms with Crippen LogP contribution in [0.2, 0.25) is 10.0 Å². The van der Waals surface area contributed by atoms with Crippen LogP contribution in [-0.2, 0) is 9.59 Å². The van der Waals surface area contributed by atoms with E-state index in [0.717, 1.165) is 37.9 Å². The summed E-state index contributed by atoms with van der Waals surface area (Å²) in [6.45, 7) is 3.13. The van der Waals surface area contributed by atoms with E-state index in [1.807, 2.05) is 12.1 Å². The number of likely N-dealkylation sites (N-methyl/N-ethyl adjacent to an activating group) is 1.